The average molecular weight is 419 g/mol. The number of amides is 1. The molecule has 2 N–H and O–H groups in total. The van der Waals surface area contributed by atoms with Crippen molar-refractivity contribution in [2.75, 3.05) is 7.11 Å². The van der Waals surface area contributed by atoms with Gasteiger partial charge >= 0.3 is 5.91 Å². The van der Waals surface area contributed by atoms with E-state index in [2.05, 4.69) is 41.5 Å². The van der Waals surface area contributed by atoms with Gasteiger partial charge in [0.1, 0.15) is 0 Å². The molecule has 3 rings (SSSR count). The van der Waals surface area contributed by atoms with Crippen LogP contribution in [0.15, 0.2) is 27.8 Å². The molecule has 2 aromatic heterocycles. The fraction of sp³-hybridized carbons (Fsp3) is 0.188. The molecule has 0 unspecified atom stereocenters. The molecule has 0 saturated carbocycles. The second kappa shape index (κ2) is 7.08. The number of carbonyl (C=O) groups is 1. The van der Waals surface area contributed by atoms with E-state index < -0.39 is 5.91 Å². The number of hydrazone groups is 1. The Morgan fingerprint density at radius 3 is 2.85 bits per heavy atom. The summed E-state index contributed by atoms with van der Waals surface area (Å²) < 4.78 is 7.00. The van der Waals surface area contributed by atoms with Crippen LogP contribution in [0.3, 0.4) is 0 Å². The molecule has 0 aliphatic heterocycles. The molecule has 2 heterocycles. The number of methoxy groups -OCH3 is 1. The molecule has 0 aliphatic rings. The Hall–Kier alpha value is -3.01. The molecule has 26 heavy (non-hydrogen) atoms. The molecule has 1 amide bonds. The number of rotatable bonds is 4. The van der Waals surface area contributed by atoms with E-state index in [1.807, 2.05) is 19.9 Å². The van der Waals surface area contributed by atoms with Gasteiger partial charge in [0, 0.05) is 11.4 Å². The van der Waals surface area contributed by atoms with Gasteiger partial charge in [-0.15, -0.1) is 5.10 Å². The van der Waals surface area contributed by atoms with Crippen LogP contribution in [0.2, 0.25) is 0 Å². The summed E-state index contributed by atoms with van der Waals surface area (Å²) in [6.45, 7) is 3.70. The van der Waals surface area contributed by atoms with Crippen molar-refractivity contribution in [2.24, 2.45) is 5.10 Å². The summed E-state index contributed by atoms with van der Waals surface area (Å²) >= 11 is 3.22. The number of carbonyl (C=O) groups excluding carboxylic acids is 1. The number of phenolic OH excluding ortho intramolecular Hbond substituents is 1. The Labute approximate surface area is 156 Å². The predicted molar refractivity (Wildman–Crippen MR) is 97.7 cm³/mol. The van der Waals surface area contributed by atoms with Gasteiger partial charge in [-0.2, -0.15) is 10.1 Å². The summed E-state index contributed by atoms with van der Waals surface area (Å²) in [6, 6.07) is 5.05. The van der Waals surface area contributed by atoms with E-state index in [1.165, 1.54) is 17.8 Å². The van der Waals surface area contributed by atoms with Crippen molar-refractivity contribution in [1.82, 2.24) is 25.0 Å². The lowest BCUT2D eigenvalue weighted by Crippen LogP contribution is -2.19. The number of hydrogen-bond donors (Lipinski definition) is 2. The summed E-state index contributed by atoms with van der Waals surface area (Å²) in [4.78, 5) is 20.5. The number of nitrogens with zero attached hydrogens (tertiary/aromatic N) is 5. The highest BCUT2D eigenvalue weighted by molar-refractivity contribution is 9.10. The number of nitrogens with one attached hydrogen (secondary N) is 1. The maximum Gasteiger partial charge on any atom is 0.311 e. The molecule has 0 spiro atoms. The normalized spacial score (nSPS) is 11.2. The minimum atomic E-state index is -0.561. The second-order valence-corrected chi connectivity index (χ2v) is 6.29. The Kier molecular flexibility index (Phi) is 4.85. The van der Waals surface area contributed by atoms with Crippen molar-refractivity contribution in [3.05, 3.63) is 45.4 Å². The minimum Gasteiger partial charge on any atom is -0.503 e. The number of aromatic nitrogens is 4. The number of phenols is 1. The number of benzene rings is 1. The monoisotopic (exact) mass is 418 g/mol. The molecule has 0 bridgehead atoms. The van der Waals surface area contributed by atoms with Crippen molar-refractivity contribution in [1.29, 1.82) is 0 Å². The zero-order valence-corrected chi connectivity index (χ0v) is 15.8. The van der Waals surface area contributed by atoms with Crippen LogP contribution in [0, 0.1) is 13.8 Å². The van der Waals surface area contributed by atoms with E-state index in [0.717, 1.165) is 11.4 Å². The highest BCUT2D eigenvalue weighted by Crippen LogP contribution is 2.34. The number of aryl methyl sites for hydroxylation is 2. The van der Waals surface area contributed by atoms with E-state index >= 15 is 0 Å². The average Bonchev–Trinajstić information content (AvgIpc) is 3.02. The largest absolute Gasteiger partial charge is 0.503 e. The maximum atomic E-state index is 12.2. The molecule has 10 heteroatoms. The molecule has 134 valence electrons. The first-order valence-corrected chi connectivity index (χ1v) is 8.29. The summed E-state index contributed by atoms with van der Waals surface area (Å²) in [5, 5.41) is 17.8. The number of fused-ring (bicyclic) bond motifs is 1. The molecule has 0 fully saturated rings. The Morgan fingerprint density at radius 2 is 2.12 bits per heavy atom. The van der Waals surface area contributed by atoms with Crippen molar-refractivity contribution < 1.29 is 14.6 Å². The van der Waals surface area contributed by atoms with Crippen LogP contribution in [0.1, 0.15) is 27.6 Å². The van der Waals surface area contributed by atoms with Crippen LogP contribution in [0.25, 0.3) is 5.78 Å². The number of ether oxygens (including phenoxy) is 1. The van der Waals surface area contributed by atoms with Crippen LogP contribution < -0.4 is 10.2 Å². The quantitative estimate of drug-likeness (QED) is 0.494. The van der Waals surface area contributed by atoms with Gasteiger partial charge in [0.25, 0.3) is 5.78 Å². The topological polar surface area (TPSA) is 114 Å². The van der Waals surface area contributed by atoms with Crippen molar-refractivity contribution >= 4 is 33.8 Å². The molecular weight excluding hydrogens is 404 g/mol. The Balaban J connectivity index is 1.78. The SMILES string of the molecule is COc1cc(C=NNC(=O)c2nc3nc(C)cc(C)n3n2)cc(Br)c1O. The molecule has 0 atom stereocenters. The molecule has 1 aromatic carbocycles. The first-order valence-electron chi connectivity index (χ1n) is 7.50. The van der Waals surface area contributed by atoms with Gasteiger partial charge in [-0.1, -0.05) is 0 Å². The lowest BCUT2D eigenvalue weighted by molar-refractivity contribution is 0.0945. The smallest absolute Gasteiger partial charge is 0.311 e. The van der Waals surface area contributed by atoms with Crippen LogP contribution in [-0.2, 0) is 0 Å². The fourth-order valence-corrected chi connectivity index (χ4v) is 2.76. The third-order valence-corrected chi connectivity index (χ3v) is 4.08. The van der Waals surface area contributed by atoms with E-state index in [-0.39, 0.29) is 17.3 Å². The maximum absolute atomic E-state index is 12.2. The third-order valence-electron chi connectivity index (χ3n) is 3.47. The van der Waals surface area contributed by atoms with Gasteiger partial charge < -0.3 is 9.84 Å². The number of halogens is 1. The Morgan fingerprint density at radius 1 is 1.35 bits per heavy atom. The van der Waals surface area contributed by atoms with Gasteiger partial charge in [-0.05, 0) is 53.5 Å². The van der Waals surface area contributed by atoms with Gasteiger partial charge in [-0.3, -0.25) is 4.79 Å². The van der Waals surface area contributed by atoms with Crippen LogP contribution in [0.5, 0.6) is 11.5 Å². The van der Waals surface area contributed by atoms with E-state index in [4.69, 9.17) is 4.74 Å². The third kappa shape index (κ3) is 3.49. The molecule has 0 saturated heterocycles. The second-order valence-electron chi connectivity index (χ2n) is 5.44. The summed E-state index contributed by atoms with van der Waals surface area (Å²) in [5.74, 6) is 0.0251. The Bertz CT molecular complexity index is 1030. The minimum absolute atomic E-state index is 0.0132. The van der Waals surface area contributed by atoms with E-state index in [1.54, 1.807) is 12.1 Å². The van der Waals surface area contributed by atoms with Crippen LogP contribution in [0.4, 0.5) is 0 Å². The van der Waals surface area contributed by atoms with Gasteiger partial charge in [-0.25, -0.2) is 14.9 Å². The first-order chi connectivity index (χ1) is 12.4. The lowest BCUT2D eigenvalue weighted by Gasteiger charge is -2.06. The standard InChI is InChI=1S/C16H15BrN6O3/c1-8-4-9(2)23-16(19-8)20-14(22-23)15(25)21-18-7-10-5-11(17)13(24)12(6-10)26-3/h4-7,24H,1-3H3,(H,21,25). The van der Waals surface area contributed by atoms with E-state index in [9.17, 15) is 9.90 Å². The lowest BCUT2D eigenvalue weighted by atomic mass is 10.2. The van der Waals surface area contributed by atoms with Gasteiger partial charge in [0.2, 0.25) is 5.82 Å². The van der Waals surface area contributed by atoms with Gasteiger partial charge in [0.05, 0.1) is 17.8 Å². The van der Waals surface area contributed by atoms with Crippen molar-refractivity contribution in [2.45, 2.75) is 13.8 Å². The molecule has 0 aliphatic carbocycles. The predicted octanol–water partition coefficient (Wildman–Crippen LogP) is 1.98. The fourth-order valence-electron chi connectivity index (χ4n) is 2.30. The molecular formula is C16H15BrN6O3. The molecule has 9 nitrogen and oxygen atoms in total. The molecule has 0 radical (unpaired) electrons. The van der Waals surface area contributed by atoms with Crippen molar-refractivity contribution in [3.63, 3.8) is 0 Å². The molecule has 3 aromatic rings. The van der Waals surface area contributed by atoms with Crippen LogP contribution >= 0.6 is 15.9 Å². The number of aromatic hydroxyl groups is 1. The van der Waals surface area contributed by atoms with E-state index in [0.29, 0.717) is 15.8 Å². The zero-order chi connectivity index (χ0) is 18.8. The summed E-state index contributed by atoms with van der Waals surface area (Å²) in [6.07, 6.45) is 1.41. The summed E-state index contributed by atoms with van der Waals surface area (Å²) in [5.41, 5.74) is 4.59. The first kappa shape index (κ1) is 17.8. The van der Waals surface area contributed by atoms with Gasteiger partial charge in [0.15, 0.2) is 11.5 Å². The zero-order valence-electron chi connectivity index (χ0n) is 14.2. The van der Waals surface area contributed by atoms with Crippen molar-refractivity contribution in [3.8, 4) is 11.5 Å². The highest BCUT2D eigenvalue weighted by Gasteiger charge is 2.14. The summed E-state index contributed by atoms with van der Waals surface area (Å²) in [7, 11) is 1.44. The van der Waals surface area contributed by atoms with Crippen LogP contribution in [-0.4, -0.2) is 43.9 Å². The number of hydrogen-bond acceptors (Lipinski definition) is 7. The highest BCUT2D eigenvalue weighted by atomic mass is 79.9.